The van der Waals surface area contributed by atoms with Crippen LogP contribution in [0.2, 0.25) is 0 Å². The van der Waals surface area contributed by atoms with Crippen LogP contribution in [0.5, 0.6) is 0 Å². The highest BCUT2D eigenvalue weighted by atomic mass is 32.1. The summed E-state index contributed by atoms with van der Waals surface area (Å²) in [6.07, 6.45) is 2.66. The lowest BCUT2D eigenvalue weighted by atomic mass is 9.93. The van der Waals surface area contributed by atoms with E-state index in [1.165, 1.54) is 4.88 Å². The lowest BCUT2D eigenvalue weighted by molar-refractivity contribution is 0.0993. The molecule has 0 saturated heterocycles. The van der Waals surface area contributed by atoms with Gasteiger partial charge in [-0.2, -0.15) is 0 Å². The molecule has 1 aliphatic carbocycles. The molecule has 106 valence electrons. The second-order valence-corrected chi connectivity index (χ2v) is 6.36. The molecule has 0 spiro atoms. The molecule has 0 aliphatic heterocycles. The Hall–Kier alpha value is -2.45. The first kappa shape index (κ1) is 13.2. The van der Waals surface area contributed by atoms with Crippen LogP contribution in [0, 0.1) is 0 Å². The molecule has 1 nitrogen and oxygen atoms in total. The third-order valence-electron chi connectivity index (χ3n) is 4.01. The normalized spacial score (nSPS) is 15.3. The summed E-state index contributed by atoms with van der Waals surface area (Å²) in [5.41, 5.74) is 5.26. The third-order valence-corrected chi connectivity index (χ3v) is 4.83. The quantitative estimate of drug-likeness (QED) is 0.613. The van der Waals surface area contributed by atoms with Crippen molar-refractivity contribution in [3.05, 3.63) is 93.2 Å². The van der Waals surface area contributed by atoms with Gasteiger partial charge < -0.3 is 0 Å². The van der Waals surface area contributed by atoms with Crippen molar-refractivity contribution in [1.29, 1.82) is 0 Å². The van der Waals surface area contributed by atoms with E-state index in [9.17, 15) is 4.79 Å². The second kappa shape index (κ2) is 5.39. The molecule has 1 aliphatic rings. The number of ketones is 1. The first-order chi connectivity index (χ1) is 10.8. The maximum atomic E-state index is 12.6. The molecule has 0 bridgehead atoms. The Morgan fingerprint density at radius 3 is 2.32 bits per heavy atom. The van der Waals surface area contributed by atoms with Crippen LogP contribution in [0.4, 0.5) is 0 Å². The van der Waals surface area contributed by atoms with Gasteiger partial charge in [0.15, 0.2) is 5.78 Å². The summed E-state index contributed by atoms with van der Waals surface area (Å²) < 4.78 is 0. The fourth-order valence-electron chi connectivity index (χ4n) is 2.98. The average Bonchev–Trinajstić information content (AvgIpc) is 3.03. The monoisotopic (exact) mass is 302 g/mol. The van der Waals surface area contributed by atoms with E-state index < -0.39 is 0 Å². The summed E-state index contributed by atoms with van der Waals surface area (Å²) in [7, 11) is 0. The van der Waals surface area contributed by atoms with Crippen molar-refractivity contribution >= 4 is 28.8 Å². The topological polar surface area (TPSA) is 17.1 Å². The zero-order valence-corrected chi connectivity index (χ0v) is 12.8. The Morgan fingerprint density at radius 1 is 0.818 bits per heavy atom. The summed E-state index contributed by atoms with van der Waals surface area (Å²) in [5.74, 6) is 0.192. The maximum absolute atomic E-state index is 12.6. The van der Waals surface area contributed by atoms with E-state index in [2.05, 4.69) is 41.8 Å². The Balaban J connectivity index is 2.03. The fourth-order valence-corrected chi connectivity index (χ4v) is 3.64. The van der Waals surface area contributed by atoms with Crippen molar-refractivity contribution < 1.29 is 4.79 Å². The van der Waals surface area contributed by atoms with Crippen LogP contribution in [0.1, 0.15) is 31.9 Å². The summed E-state index contributed by atoms with van der Waals surface area (Å²) in [4.78, 5) is 13.8. The van der Waals surface area contributed by atoms with E-state index in [-0.39, 0.29) is 5.78 Å². The summed E-state index contributed by atoms with van der Waals surface area (Å²) in [6.45, 7) is 0. The van der Waals surface area contributed by atoms with Gasteiger partial charge in [-0.05, 0) is 39.8 Å². The maximum Gasteiger partial charge on any atom is 0.167 e. The van der Waals surface area contributed by atoms with Gasteiger partial charge in [0.1, 0.15) is 0 Å². The van der Waals surface area contributed by atoms with Crippen LogP contribution in [0.25, 0.3) is 11.6 Å². The molecule has 2 heteroatoms. The Labute approximate surface area is 133 Å². The van der Waals surface area contributed by atoms with Crippen molar-refractivity contribution in [2.45, 2.75) is 6.42 Å². The molecule has 1 aromatic heterocycles. The Bertz CT molecular complexity index is 872. The van der Waals surface area contributed by atoms with Crippen LogP contribution in [0.15, 0.2) is 66.0 Å². The number of benzene rings is 2. The van der Waals surface area contributed by atoms with Crippen molar-refractivity contribution in [3.8, 4) is 0 Å². The molecule has 0 atom stereocenters. The highest BCUT2D eigenvalue weighted by molar-refractivity contribution is 7.10. The molecule has 2 aromatic carbocycles. The summed E-state index contributed by atoms with van der Waals surface area (Å²) >= 11 is 1.71. The SMILES string of the molecule is O=C1Cc2ccccc2/C(=C/c2cccs2)c2ccccc21. The molecule has 0 unspecified atom stereocenters. The van der Waals surface area contributed by atoms with Gasteiger partial charge in [0.2, 0.25) is 0 Å². The zero-order valence-electron chi connectivity index (χ0n) is 12.0. The third kappa shape index (κ3) is 2.22. The van der Waals surface area contributed by atoms with Crippen LogP contribution in [-0.4, -0.2) is 5.78 Å². The predicted octanol–water partition coefficient (Wildman–Crippen LogP) is 5.08. The van der Waals surface area contributed by atoms with Gasteiger partial charge in [-0.3, -0.25) is 4.79 Å². The van der Waals surface area contributed by atoms with Crippen molar-refractivity contribution in [3.63, 3.8) is 0 Å². The minimum Gasteiger partial charge on any atom is -0.294 e. The molecular formula is C20H14OS. The number of carbonyl (C=O) groups is 1. The molecule has 1 heterocycles. The van der Waals surface area contributed by atoms with Crippen LogP contribution in [-0.2, 0) is 6.42 Å². The van der Waals surface area contributed by atoms with E-state index in [1.807, 2.05) is 30.3 Å². The highest BCUT2D eigenvalue weighted by Crippen LogP contribution is 2.35. The lowest BCUT2D eigenvalue weighted by Gasteiger charge is -2.10. The number of Topliss-reactive ketones (excluding diaryl/α,β-unsaturated/α-hetero) is 1. The smallest absolute Gasteiger partial charge is 0.167 e. The average molecular weight is 302 g/mol. The molecule has 0 fully saturated rings. The van der Waals surface area contributed by atoms with E-state index in [4.69, 9.17) is 0 Å². The largest absolute Gasteiger partial charge is 0.294 e. The number of rotatable bonds is 1. The molecule has 3 aromatic rings. The molecule has 0 N–H and O–H groups in total. The van der Waals surface area contributed by atoms with Gasteiger partial charge in [0.25, 0.3) is 0 Å². The van der Waals surface area contributed by atoms with Gasteiger partial charge in [-0.25, -0.2) is 0 Å². The molecule has 0 saturated carbocycles. The van der Waals surface area contributed by atoms with Crippen LogP contribution >= 0.6 is 11.3 Å². The Morgan fingerprint density at radius 2 is 1.55 bits per heavy atom. The molecule has 4 rings (SSSR count). The molecular weight excluding hydrogens is 288 g/mol. The van der Waals surface area contributed by atoms with Gasteiger partial charge in [-0.1, -0.05) is 54.6 Å². The van der Waals surface area contributed by atoms with Crippen molar-refractivity contribution in [2.75, 3.05) is 0 Å². The number of thiophene rings is 1. The van der Waals surface area contributed by atoms with Crippen molar-refractivity contribution in [1.82, 2.24) is 0 Å². The minimum absolute atomic E-state index is 0.192. The number of hydrogen-bond acceptors (Lipinski definition) is 2. The Kier molecular flexibility index (Phi) is 3.24. The molecule has 0 amide bonds. The second-order valence-electron chi connectivity index (χ2n) is 5.38. The zero-order chi connectivity index (χ0) is 14.9. The summed E-state index contributed by atoms with van der Waals surface area (Å²) in [5, 5.41) is 2.08. The van der Waals surface area contributed by atoms with E-state index in [0.717, 1.165) is 27.8 Å². The predicted molar refractivity (Wildman–Crippen MR) is 92.2 cm³/mol. The fraction of sp³-hybridized carbons (Fsp3) is 0.0500. The molecule has 22 heavy (non-hydrogen) atoms. The van der Waals surface area contributed by atoms with E-state index in [0.29, 0.717) is 6.42 Å². The lowest BCUT2D eigenvalue weighted by Crippen LogP contribution is -2.03. The summed E-state index contributed by atoms with van der Waals surface area (Å²) in [6, 6.07) is 20.3. The number of hydrogen-bond donors (Lipinski definition) is 0. The van der Waals surface area contributed by atoms with Crippen LogP contribution in [0.3, 0.4) is 0 Å². The number of fused-ring (bicyclic) bond motifs is 2. The first-order valence-corrected chi connectivity index (χ1v) is 8.17. The first-order valence-electron chi connectivity index (χ1n) is 7.29. The minimum atomic E-state index is 0.192. The number of carbonyl (C=O) groups excluding carboxylic acids is 1. The molecule has 0 radical (unpaired) electrons. The van der Waals surface area contributed by atoms with Crippen LogP contribution < -0.4 is 0 Å². The van der Waals surface area contributed by atoms with Gasteiger partial charge >= 0.3 is 0 Å². The standard InChI is InChI=1S/C20H14OS/c21-20-12-14-6-1-2-8-16(14)19(13-15-7-5-11-22-15)17-9-3-4-10-18(17)20/h1-11,13H,12H2/b19-13-. The van der Waals surface area contributed by atoms with E-state index >= 15 is 0 Å². The van der Waals surface area contributed by atoms with E-state index in [1.54, 1.807) is 11.3 Å². The highest BCUT2D eigenvalue weighted by Gasteiger charge is 2.22. The van der Waals surface area contributed by atoms with Gasteiger partial charge in [0, 0.05) is 16.9 Å². The van der Waals surface area contributed by atoms with Crippen molar-refractivity contribution in [2.24, 2.45) is 0 Å². The van der Waals surface area contributed by atoms with Gasteiger partial charge in [0.05, 0.1) is 0 Å². The van der Waals surface area contributed by atoms with Gasteiger partial charge in [-0.15, -0.1) is 11.3 Å².